The van der Waals surface area contributed by atoms with Gasteiger partial charge in [0.15, 0.2) is 11.6 Å². The minimum atomic E-state index is -0.872. The predicted octanol–water partition coefficient (Wildman–Crippen LogP) is 3.07. The van der Waals surface area contributed by atoms with Gasteiger partial charge >= 0.3 is 5.97 Å². The van der Waals surface area contributed by atoms with Gasteiger partial charge in [-0.25, -0.2) is 8.78 Å². The Kier molecular flexibility index (Phi) is 5.82. The van der Waals surface area contributed by atoms with Crippen molar-refractivity contribution in [3.63, 3.8) is 0 Å². The van der Waals surface area contributed by atoms with Gasteiger partial charge < -0.3 is 10.4 Å². The van der Waals surface area contributed by atoms with Crippen LogP contribution < -0.4 is 5.32 Å². The van der Waals surface area contributed by atoms with E-state index in [9.17, 15) is 13.6 Å². The van der Waals surface area contributed by atoms with E-state index < -0.39 is 23.0 Å². The molecule has 0 radical (unpaired) electrons. The number of nitrogens with one attached hydrogen (secondary N) is 1. The number of benzene rings is 1. The third-order valence-corrected chi connectivity index (χ3v) is 3.02. The van der Waals surface area contributed by atoms with Gasteiger partial charge in [-0.2, -0.15) is 0 Å². The third kappa shape index (κ3) is 5.09. The molecule has 0 aromatic heterocycles. The van der Waals surface area contributed by atoms with E-state index in [1.165, 1.54) is 6.07 Å². The maximum Gasteiger partial charge on any atom is 0.309 e. The third-order valence-electron chi connectivity index (χ3n) is 3.02. The number of carboxylic acids is 1. The van der Waals surface area contributed by atoms with Gasteiger partial charge in [0, 0.05) is 6.54 Å². The normalized spacial score (nSPS) is 12.0. The molecule has 0 aliphatic heterocycles. The molecule has 5 heteroatoms. The number of hydrogen-bond donors (Lipinski definition) is 2. The Morgan fingerprint density at radius 2 is 2.05 bits per heavy atom. The lowest BCUT2D eigenvalue weighted by Crippen LogP contribution is -2.29. The highest BCUT2D eigenvalue weighted by Gasteiger charge is 2.25. The molecule has 1 aromatic rings. The van der Waals surface area contributed by atoms with Gasteiger partial charge in [0.05, 0.1) is 5.41 Å². The fourth-order valence-corrected chi connectivity index (χ4v) is 1.50. The zero-order chi connectivity index (χ0) is 15.2. The fourth-order valence-electron chi connectivity index (χ4n) is 1.50. The molecule has 0 aliphatic rings. The largest absolute Gasteiger partial charge is 0.481 e. The van der Waals surface area contributed by atoms with Crippen LogP contribution in [0.1, 0.15) is 25.8 Å². The summed E-state index contributed by atoms with van der Waals surface area (Å²) in [5.74, 6) is -2.56. The molecule has 1 aromatic carbocycles. The topological polar surface area (TPSA) is 49.3 Å². The van der Waals surface area contributed by atoms with E-state index >= 15 is 0 Å². The minimum Gasteiger partial charge on any atom is -0.481 e. The maximum absolute atomic E-state index is 12.9. The average molecular weight is 283 g/mol. The second-order valence-electron chi connectivity index (χ2n) is 5.22. The van der Waals surface area contributed by atoms with Crippen molar-refractivity contribution in [1.82, 2.24) is 5.32 Å². The molecule has 0 heterocycles. The van der Waals surface area contributed by atoms with E-state index in [1.54, 1.807) is 26.0 Å². The van der Waals surface area contributed by atoms with Crippen molar-refractivity contribution in [1.29, 1.82) is 0 Å². The molecular weight excluding hydrogens is 264 g/mol. The molecule has 2 N–H and O–H groups in total. The summed E-state index contributed by atoms with van der Waals surface area (Å²) in [6.07, 6.45) is 3.97. The molecule has 0 aliphatic carbocycles. The first kappa shape index (κ1) is 16.3. The fraction of sp³-hybridized carbons (Fsp3) is 0.400. The van der Waals surface area contributed by atoms with Crippen LogP contribution in [0.5, 0.6) is 0 Å². The monoisotopic (exact) mass is 283 g/mol. The summed E-state index contributed by atoms with van der Waals surface area (Å²) in [4.78, 5) is 10.9. The van der Waals surface area contributed by atoms with E-state index in [0.29, 0.717) is 25.1 Å². The molecule has 0 unspecified atom stereocenters. The zero-order valence-electron chi connectivity index (χ0n) is 11.6. The molecule has 3 nitrogen and oxygen atoms in total. The van der Waals surface area contributed by atoms with Gasteiger partial charge in [-0.15, -0.1) is 0 Å². The SMILES string of the molecule is CC(C)(CCNC/C=C/c1ccc(F)c(F)c1)C(=O)O. The van der Waals surface area contributed by atoms with Crippen LogP contribution in [0.4, 0.5) is 8.78 Å². The Morgan fingerprint density at radius 3 is 2.65 bits per heavy atom. The Labute approximate surface area is 117 Å². The second-order valence-corrected chi connectivity index (χ2v) is 5.22. The van der Waals surface area contributed by atoms with Crippen molar-refractivity contribution in [2.45, 2.75) is 20.3 Å². The van der Waals surface area contributed by atoms with Crippen LogP contribution in [0.15, 0.2) is 24.3 Å². The first-order chi connectivity index (χ1) is 9.33. The van der Waals surface area contributed by atoms with Crippen LogP contribution in [0.3, 0.4) is 0 Å². The summed E-state index contributed by atoms with van der Waals surface area (Å²) in [5, 5.41) is 12.0. The number of hydrogen-bond acceptors (Lipinski definition) is 2. The highest BCUT2D eigenvalue weighted by atomic mass is 19.2. The number of carboxylic acid groups (broad SMARTS) is 1. The van der Waals surface area contributed by atoms with Crippen LogP contribution >= 0.6 is 0 Å². The van der Waals surface area contributed by atoms with Crippen molar-refractivity contribution >= 4 is 12.0 Å². The first-order valence-electron chi connectivity index (χ1n) is 6.38. The summed E-state index contributed by atoms with van der Waals surface area (Å²) >= 11 is 0. The molecule has 110 valence electrons. The first-order valence-corrected chi connectivity index (χ1v) is 6.38. The van der Waals surface area contributed by atoms with Crippen LogP contribution in [0.25, 0.3) is 6.08 Å². The van der Waals surface area contributed by atoms with Crippen molar-refractivity contribution in [3.05, 3.63) is 41.5 Å². The lowest BCUT2D eigenvalue weighted by Gasteiger charge is -2.18. The van der Waals surface area contributed by atoms with Gasteiger partial charge in [-0.1, -0.05) is 18.2 Å². The Morgan fingerprint density at radius 1 is 1.35 bits per heavy atom. The average Bonchev–Trinajstić information content (AvgIpc) is 2.37. The zero-order valence-corrected chi connectivity index (χ0v) is 11.6. The molecule has 0 saturated heterocycles. The summed E-state index contributed by atoms with van der Waals surface area (Å²) in [5.41, 5.74) is -0.173. The molecule has 1 rings (SSSR count). The van der Waals surface area contributed by atoms with Gasteiger partial charge in [0.1, 0.15) is 0 Å². The summed E-state index contributed by atoms with van der Waals surface area (Å²) in [7, 11) is 0. The minimum absolute atomic E-state index is 0.515. The van der Waals surface area contributed by atoms with Crippen LogP contribution in [-0.4, -0.2) is 24.2 Å². The van der Waals surface area contributed by atoms with Crippen molar-refractivity contribution in [2.24, 2.45) is 5.41 Å². The van der Waals surface area contributed by atoms with Gasteiger partial charge in [0.25, 0.3) is 0 Å². The molecule has 0 bridgehead atoms. The van der Waals surface area contributed by atoms with Crippen LogP contribution in [0, 0.1) is 17.0 Å². The van der Waals surface area contributed by atoms with E-state index in [4.69, 9.17) is 5.11 Å². The van der Waals surface area contributed by atoms with E-state index in [2.05, 4.69) is 5.32 Å². The highest BCUT2D eigenvalue weighted by molar-refractivity contribution is 5.73. The van der Waals surface area contributed by atoms with E-state index in [-0.39, 0.29) is 0 Å². The molecule has 0 atom stereocenters. The lowest BCUT2D eigenvalue weighted by molar-refractivity contribution is -0.147. The molecule has 0 fully saturated rings. The molecule has 0 spiro atoms. The van der Waals surface area contributed by atoms with Crippen LogP contribution in [0.2, 0.25) is 0 Å². The second kappa shape index (κ2) is 7.14. The highest BCUT2D eigenvalue weighted by Crippen LogP contribution is 2.19. The van der Waals surface area contributed by atoms with Crippen LogP contribution in [-0.2, 0) is 4.79 Å². The molecule has 0 amide bonds. The molecule has 20 heavy (non-hydrogen) atoms. The summed E-state index contributed by atoms with van der Waals surface area (Å²) in [6, 6.07) is 3.69. The predicted molar refractivity (Wildman–Crippen MR) is 74.3 cm³/mol. The summed E-state index contributed by atoms with van der Waals surface area (Å²) in [6.45, 7) is 4.46. The number of rotatable bonds is 7. The Balaban J connectivity index is 2.32. The van der Waals surface area contributed by atoms with Crippen molar-refractivity contribution in [2.75, 3.05) is 13.1 Å². The standard InChI is InChI=1S/C15H19F2NO2/c1-15(2,14(19)20)7-9-18-8-3-4-11-5-6-12(16)13(17)10-11/h3-6,10,18H,7-9H2,1-2H3,(H,19,20)/b4-3+. The number of carbonyl (C=O) groups is 1. The number of halogens is 2. The van der Waals surface area contributed by atoms with Gasteiger partial charge in [-0.3, -0.25) is 4.79 Å². The molecule has 0 saturated carbocycles. The van der Waals surface area contributed by atoms with Gasteiger partial charge in [-0.05, 0) is 44.5 Å². The quantitative estimate of drug-likeness (QED) is 0.756. The molecular formula is C15H19F2NO2. The van der Waals surface area contributed by atoms with E-state index in [1.807, 2.05) is 0 Å². The Bertz CT molecular complexity index is 499. The smallest absolute Gasteiger partial charge is 0.309 e. The van der Waals surface area contributed by atoms with Crippen molar-refractivity contribution < 1.29 is 18.7 Å². The van der Waals surface area contributed by atoms with Crippen molar-refractivity contribution in [3.8, 4) is 0 Å². The Hall–Kier alpha value is -1.75. The number of aliphatic carboxylic acids is 1. The maximum atomic E-state index is 12.9. The summed E-state index contributed by atoms with van der Waals surface area (Å²) < 4.78 is 25.6. The lowest BCUT2D eigenvalue weighted by atomic mass is 9.90. The van der Waals surface area contributed by atoms with E-state index in [0.717, 1.165) is 12.1 Å². The van der Waals surface area contributed by atoms with Gasteiger partial charge in [0.2, 0.25) is 0 Å².